The fraction of sp³-hybridized carbons (Fsp3) is 0.467. The first-order chi connectivity index (χ1) is 11.2. The van der Waals surface area contributed by atoms with Gasteiger partial charge in [0.2, 0.25) is 0 Å². The zero-order valence-electron chi connectivity index (χ0n) is 13.0. The molecule has 2 aromatic heterocycles. The summed E-state index contributed by atoms with van der Waals surface area (Å²) < 4.78 is 0. The summed E-state index contributed by atoms with van der Waals surface area (Å²) in [4.78, 5) is 28.7. The molecule has 3 rings (SSSR count). The van der Waals surface area contributed by atoms with Gasteiger partial charge in [-0.15, -0.1) is 0 Å². The summed E-state index contributed by atoms with van der Waals surface area (Å²) in [7, 11) is 0. The Bertz CT molecular complexity index is 652. The van der Waals surface area contributed by atoms with Crippen molar-refractivity contribution in [1.29, 1.82) is 0 Å². The van der Waals surface area contributed by atoms with Gasteiger partial charge in [0.15, 0.2) is 0 Å². The number of hydrogen-bond acceptors (Lipinski definition) is 4. The van der Waals surface area contributed by atoms with Crippen LogP contribution in [0.3, 0.4) is 0 Å². The number of aromatic nitrogens is 4. The Morgan fingerprint density at radius 2 is 1.78 bits per heavy atom. The van der Waals surface area contributed by atoms with Crippen molar-refractivity contribution >= 4 is 11.8 Å². The molecule has 2 amide bonds. The van der Waals surface area contributed by atoms with E-state index in [1.807, 2.05) is 4.90 Å². The molecule has 0 aliphatic carbocycles. The van der Waals surface area contributed by atoms with E-state index >= 15 is 0 Å². The molecule has 23 heavy (non-hydrogen) atoms. The minimum absolute atomic E-state index is 0.0204. The lowest BCUT2D eigenvalue weighted by Gasteiger charge is -2.41. The topological polar surface area (TPSA) is 98.0 Å². The first kappa shape index (κ1) is 15.3. The van der Waals surface area contributed by atoms with Gasteiger partial charge < -0.3 is 9.80 Å². The van der Waals surface area contributed by atoms with Gasteiger partial charge in [-0.3, -0.25) is 19.8 Å². The number of aromatic amines is 2. The Morgan fingerprint density at radius 1 is 1.13 bits per heavy atom. The highest BCUT2D eigenvalue weighted by atomic mass is 16.2. The standard InChI is InChI=1S/C15H20N6O2/c1-2-3-13-10-20(14(22)11-6-16-17-7-11)4-5-21(13)15(23)12-8-18-19-9-12/h6-9,13H,2-5,10H2,1H3,(H,16,17)(H,18,19). The van der Waals surface area contributed by atoms with Crippen molar-refractivity contribution in [2.24, 2.45) is 0 Å². The molecular formula is C15H20N6O2. The molecule has 1 saturated heterocycles. The largest absolute Gasteiger partial charge is 0.335 e. The van der Waals surface area contributed by atoms with E-state index < -0.39 is 0 Å². The molecule has 0 bridgehead atoms. The molecule has 0 spiro atoms. The third-order valence-corrected chi connectivity index (χ3v) is 4.14. The van der Waals surface area contributed by atoms with Crippen LogP contribution in [0, 0.1) is 0 Å². The lowest BCUT2D eigenvalue weighted by Crippen LogP contribution is -2.56. The molecular weight excluding hydrogens is 296 g/mol. The number of carbonyl (C=O) groups is 2. The Balaban J connectivity index is 1.73. The van der Waals surface area contributed by atoms with Gasteiger partial charge in [-0.25, -0.2) is 0 Å². The van der Waals surface area contributed by atoms with Gasteiger partial charge in [-0.05, 0) is 6.42 Å². The number of carbonyl (C=O) groups excluding carboxylic acids is 2. The lowest BCUT2D eigenvalue weighted by atomic mass is 10.0. The molecule has 122 valence electrons. The van der Waals surface area contributed by atoms with Crippen molar-refractivity contribution in [3.8, 4) is 0 Å². The molecule has 0 aromatic carbocycles. The van der Waals surface area contributed by atoms with Crippen LogP contribution in [0.15, 0.2) is 24.8 Å². The molecule has 2 aromatic rings. The van der Waals surface area contributed by atoms with Crippen LogP contribution >= 0.6 is 0 Å². The Kier molecular flexibility index (Phi) is 4.40. The van der Waals surface area contributed by atoms with Crippen molar-refractivity contribution < 1.29 is 9.59 Å². The summed E-state index contributed by atoms with van der Waals surface area (Å²) in [6.07, 6.45) is 8.08. The zero-order valence-corrected chi connectivity index (χ0v) is 13.0. The van der Waals surface area contributed by atoms with Gasteiger partial charge in [0.25, 0.3) is 11.8 Å². The van der Waals surface area contributed by atoms with Crippen LogP contribution in [0.1, 0.15) is 40.5 Å². The van der Waals surface area contributed by atoms with Crippen molar-refractivity contribution in [1.82, 2.24) is 30.2 Å². The number of piperazine rings is 1. The van der Waals surface area contributed by atoms with Crippen LogP contribution in [0.5, 0.6) is 0 Å². The third kappa shape index (κ3) is 3.10. The van der Waals surface area contributed by atoms with E-state index in [1.54, 1.807) is 17.3 Å². The van der Waals surface area contributed by atoms with E-state index in [0.717, 1.165) is 12.8 Å². The normalized spacial score (nSPS) is 18.2. The Hall–Kier alpha value is -2.64. The molecule has 1 aliphatic heterocycles. The summed E-state index contributed by atoms with van der Waals surface area (Å²) in [5.74, 6) is -0.0807. The SMILES string of the molecule is CCCC1CN(C(=O)c2cn[nH]c2)CCN1C(=O)c1cn[nH]c1. The zero-order chi connectivity index (χ0) is 16.2. The maximum atomic E-state index is 12.6. The van der Waals surface area contributed by atoms with E-state index in [2.05, 4.69) is 27.3 Å². The summed E-state index contributed by atoms with van der Waals surface area (Å²) in [5.41, 5.74) is 1.11. The molecule has 8 heteroatoms. The van der Waals surface area contributed by atoms with Crippen LogP contribution in [0.4, 0.5) is 0 Å². The van der Waals surface area contributed by atoms with Gasteiger partial charge in [-0.2, -0.15) is 10.2 Å². The van der Waals surface area contributed by atoms with E-state index in [9.17, 15) is 9.59 Å². The van der Waals surface area contributed by atoms with Crippen LogP contribution in [0.25, 0.3) is 0 Å². The maximum absolute atomic E-state index is 12.6. The van der Waals surface area contributed by atoms with Crippen molar-refractivity contribution in [3.05, 3.63) is 35.9 Å². The average Bonchev–Trinajstić information content (AvgIpc) is 3.27. The molecule has 0 saturated carbocycles. The summed E-state index contributed by atoms with van der Waals surface area (Å²) in [6.45, 7) is 3.67. The van der Waals surface area contributed by atoms with E-state index in [-0.39, 0.29) is 17.9 Å². The van der Waals surface area contributed by atoms with Crippen molar-refractivity contribution in [3.63, 3.8) is 0 Å². The van der Waals surface area contributed by atoms with Gasteiger partial charge >= 0.3 is 0 Å². The number of hydrogen-bond donors (Lipinski definition) is 2. The monoisotopic (exact) mass is 316 g/mol. The number of nitrogens with one attached hydrogen (secondary N) is 2. The third-order valence-electron chi connectivity index (χ3n) is 4.14. The Morgan fingerprint density at radius 3 is 2.35 bits per heavy atom. The van der Waals surface area contributed by atoms with Crippen LogP contribution in [-0.4, -0.2) is 67.7 Å². The predicted octanol–water partition coefficient (Wildman–Crippen LogP) is 0.900. The maximum Gasteiger partial charge on any atom is 0.257 e. The smallest absolute Gasteiger partial charge is 0.257 e. The van der Waals surface area contributed by atoms with Gasteiger partial charge in [0.1, 0.15) is 0 Å². The van der Waals surface area contributed by atoms with Crippen molar-refractivity contribution in [2.45, 2.75) is 25.8 Å². The second-order valence-corrected chi connectivity index (χ2v) is 5.67. The highest BCUT2D eigenvalue weighted by Gasteiger charge is 2.33. The van der Waals surface area contributed by atoms with Gasteiger partial charge in [0.05, 0.1) is 23.5 Å². The van der Waals surface area contributed by atoms with E-state index in [1.165, 1.54) is 12.4 Å². The number of rotatable bonds is 4. The molecule has 1 aliphatic rings. The number of H-pyrrole nitrogens is 2. The van der Waals surface area contributed by atoms with Crippen LogP contribution in [-0.2, 0) is 0 Å². The first-order valence-electron chi connectivity index (χ1n) is 7.78. The first-order valence-corrected chi connectivity index (χ1v) is 7.78. The predicted molar refractivity (Wildman–Crippen MR) is 82.8 cm³/mol. The summed E-state index contributed by atoms with van der Waals surface area (Å²) in [6, 6.07) is 0.0204. The number of amides is 2. The van der Waals surface area contributed by atoms with Gasteiger partial charge in [-0.1, -0.05) is 13.3 Å². The van der Waals surface area contributed by atoms with Crippen molar-refractivity contribution in [2.75, 3.05) is 19.6 Å². The van der Waals surface area contributed by atoms with Crippen LogP contribution in [0.2, 0.25) is 0 Å². The van der Waals surface area contributed by atoms with Gasteiger partial charge in [0, 0.05) is 38.1 Å². The van der Waals surface area contributed by atoms with E-state index in [4.69, 9.17) is 0 Å². The van der Waals surface area contributed by atoms with Crippen LogP contribution < -0.4 is 0 Å². The second-order valence-electron chi connectivity index (χ2n) is 5.67. The summed E-state index contributed by atoms with van der Waals surface area (Å²) >= 11 is 0. The molecule has 0 radical (unpaired) electrons. The lowest BCUT2D eigenvalue weighted by molar-refractivity contribution is 0.0371. The quantitative estimate of drug-likeness (QED) is 0.875. The molecule has 1 unspecified atom stereocenters. The molecule has 8 nitrogen and oxygen atoms in total. The molecule has 1 atom stereocenters. The van der Waals surface area contributed by atoms with E-state index in [0.29, 0.717) is 30.8 Å². The minimum atomic E-state index is -0.0461. The Labute approximate surface area is 133 Å². The summed E-state index contributed by atoms with van der Waals surface area (Å²) in [5, 5.41) is 13.0. The number of nitrogens with zero attached hydrogens (tertiary/aromatic N) is 4. The minimum Gasteiger partial charge on any atom is -0.335 e. The highest BCUT2D eigenvalue weighted by molar-refractivity contribution is 5.95. The average molecular weight is 316 g/mol. The molecule has 3 heterocycles. The molecule has 1 fully saturated rings. The fourth-order valence-electron chi connectivity index (χ4n) is 2.97. The fourth-order valence-corrected chi connectivity index (χ4v) is 2.97. The highest BCUT2D eigenvalue weighted by Crippen LogP contribution is 2.19. The molecule has 2 N–H and O–H groups in total. The second kappa shape index (κ2) is 6.64.